The molecule has 3 atom stereocenters. The van der Waals surface area contributed by atoms with Crippen LogP contribution in [0.5, 0.6) is 0 Å². The Balaban J connectivity index is 1.15. The summed E-state index contributed by atoms with van der Waals surface area (Å²) >= 11 is 1.90. The number of ether oxygens (including phenoxy) is 11. The summed E-state index contributed by atoms with van der Waals surface area (Å²) in [5, 5.41) is 17.9. The molecule has 0 spiro atoms. The first-order chi connectivity index (χ1) is 25.7. The molecule has 0 radical (unpaired) electrons. The molecule has 52 heavy (non-hydrogen) atoms. The number of hydrogen-bond acceptors (Lipinski definition) is 15. The van der Waals surface area contributed by atoms with Crippen molar-refractivity contribution in [2.45, 2.75) is 43.0 Å². The molecule has 306 valence electrons. The molecule has 2 rings (SSSR count). The molecule has 0 aromatic heterocycles. The third kappa shape index (κ3) is 27.2. The predicted molar refractivity (Wildman–Crippen MR) is 193 cm³/mol. The minimum Gasteiger partial charge on any atom is -0.394 e. The Hall–Kier alpha value is -1.39. The van der Waals surface area contributed by atoms with Crippen LogP contribution in [0.4, 0.5) is 4.79 Å². The first-order valence-corrected chi connectivity index (χ1v) is 19.7. The molecular formula is C34H65N3O14S. The van der Waals surface area contributed by atoms with Crippen LogP contribution >= 0.6 is 11.8 Å². The Kier molecular flexibility index (Phi) is 31.8. The number of carbonyl (C=O) groups is 2. The van der Waals surface area contributed by atoms with Gasteiger partial charge in [0, 0.05) is 24.0 Å². The Bertz CT molecular complexity index is 840. The van der Waals surface area contributed by atoms with Gasteiger partial charge in [0.2, 0.25) is 5.91 Å². The van der Waals surface area contributed by atoms with E-state index in [0.29, 0.717) is 164 Å². The largest absolute Gasteiger partial charge is 0.394 e. The molecule has 0 aliphatic carbocycles. The molecule has 17 nitrogen and oxygen atoms in total. The smallest absolute Gasteiger partial charge is 0.315 e. The Morgan fingerprint density at radius 3 is 1.37 bits per heavy atom. The second-order valence-corrected chi connectivity index (χ2v) is 12.9. The lowest BCUT2D eigenvalue weighted by atomic mass is 10.0. The van der Waals surface area contributed by atoms with Gasteiger partial charge in [-0.1, -0.05) is 6.42 Å². The van der Waals surface area contributed by atoms with Crippen LogP contribution in [0.2, 0.25) is 0 Å². The van der Waals surface area contributed by atoms with Crippen LogP contribution in [0.3, 0.4) is 0 Å². The number of thioether (sulfide) groups is 1. The number of amides is 3. The number of carbonyl (C=O) groups excluding carboxylic acids is 2. The maximum absolute atomic E-state index is 12.0. The number of rotatable bonds is 40. The lowest BCUT2D eigenvalue weighted by Crippen LogP contribution is -2.36. The van der Waals surface area contributed by atoms with E-state index >= 15 is 0 Å². The van der Waals surface area contributed by atoms with E-state index in [1.54, 1.807) is 0 Å². The lowest BCUT2D eigenvalue weighted by molar-refractivity contribution is -0.121. The summed E-state index contributed by atoms with van der Waals surface area (Å²) in [5.74, 6) is 1.00. The lowest BCUT2D eigenvalue weighted by Gasteiger charge is -2.16. The van der Waals surface area contributed by atoms with Gasteiger partial charge in [0.15, 0.2) is 0 Å². The summed E-state index contributed by atoms with van der Waals surface area (Å²) in [6.45, 7) is 11.0. The zero-order valence-electron chi connectivity index (χ0n) is 30.9. The van der Waals surface area contributed by atoms with E-state index < -0.39 is 0 Å². The molecule has 0 bridgehead atoms. The van der Waals surface area contributed by atoms with Gasteiger partial charge in [-0.15, -0.1) is 0 Å². The fourth-order valence-corrected chi connectivity index (χ4v) is 6.53. The Labute approximate surface area is 313 Å². The molecule has 2 heterocycles. The van der Waals surface area contributed by atoms with Gasteiger partial charge in [0.25, 0.3) is 0 Å². The van der Waals surface area contributed by atoms with Crippen molar-refractivity contribution in [3.05, 3.63) is 0 Å². The summed E-state index contributed by atoms with van der Waals surface area (Å²) in [4.78, 5) is 23.5. The van der Waals surface area contributed by atoms with Crippen LogP contribution < -0.4 is 16.0 Å². The summed E-state index contributed by atoms with van der Waals surface area (Å²) in [5.41, 5.74) is 0. The summed E-state index contributed by atoms with van der Waals surface area (Å²) in [6.07, 6.45) is 3.33. The third-order valence-electron chi connectivity index (χ3n) is 7.60. The van der Waals surface area contributed by atoms with Crippen LogP contribution in [-0.2, 0) is 56.9 Å². The van der Waals surface area contributed by atoms with Gasteiger partial charge in [-0.2, -0.15) is 11.8 Å². The van der Waals surface area contributed by atoms with Crippen LogP contribution in [0.1, 0.15) is 25.7 Å². The van der Waals surface area contributed by atoms with Crippen molar-refractivity contribution in [3.63, 3.8) is 0 Å². The zero-order valence-corrected chi connectivity index (χ0v) is 31.7. The topological polar surface area (TPSA) is 192 Å². The highest BCUT2D eigenvalue weighted by Gasteiger charge is 2.42. The molecule has 2 aliphatic heterocycles. The summed E-state index contributed by atoms with van der Waals surface area (Å²) < 4.78 is 59.7. The van der Waals surface area contributed by atoms with Crippen molar-refractivity contribution in [3.8, 4) is 0 Å². The van der Waals surface area contributed by atoms with Crippen LogP contribution in [0.25, 0.3) is 0 Å². The number of nitrogens with one attached hydrogen (secondary N) is 3. The quantitative estimate of drug-likeness (QED) is 0.0481. The van der Waals surface area contributed by atoms with Gasteiger partial charge < -0.3 is 73.2 Å². The van der Waals surface area contributed by atoms with E-state index in [4.69, 9.17) is 57.2 Å². The number of aliphatic hydroxyl groups is 1. The fraction of sp³-hybridized carbons (Fsp3) is 0.941. The molecule has 3 unspecified atom stereocenters. The molecule has 2 aliphatic rings. The molecule has 3 amide bonds. The number of urea groups is 1. The number of hydrogen-bond donors (Lipinski definition) is 4. The third-order valence-corrected chi connectivity index (χ3v) is 9.11. The highest BCUT2D eigenvalue weighted by molar-refractivity contribution is 8.00. The van der Waals surface area contributed by atoms with Crippen molar-refractivity contribution in [1.82, 2.24) is 16.0 Å². The molecule has 2 fully saturated rings. The van der Waals surface area contributed by atoms with Crippen molar-refractivity contribution >= 4 is 23.7 Å². The minimum atomic E-state index is -0.0616. The van der Waals surface area contributed by atoms with Crippen LogP contribution in [0.15, 0.2) is 0 Å². The van der Waals surface area contributed by atoms with Crippen LogP contribution in [-0.4, -0.2) is 199 Å². The average molecular weight is 772 g/mol. The van der Waals surface area contributed by atoms with E-state index in [2.05, 4.69) is 16.0 Å². The zero-order chi connectivity index (χ0) is 37.0. The normalized spacial score (nSPS) is 18.1. The highest BCUT2D eigenvalue weighted by Crippen LogP contribution is 2.33. The van der Waals surface area contributed by atoms with Gasteiger partial charge in [0.1, 0.15) is 0 Å². The second kappa shape index (κ2) is 35.3. The van der Waals surface area contributed by atoms with Crippen LogP contribution in [0, 0.1) is 0 Å². The van der Waals surface area contributed by atoms with Gasteiger partial charge in [-0.25, -0.2) is 4.79 Å². The molecule has 0 saturated carbocycles. The highest BCUT2D eigenvalue weighted by atomic mass is 32.2. The Morgan fingerprint density at radius 1 is 0.577 bits per heavy atom. The van der Waals surface area contributed by atoms with Crippen molar-refractivity contribution in [1.29, 1.82) is 0 Å². The van der Waals surface area contributed by atoms with Gasteiger partial charge in [-0.3, -0.25) is 4.79 Å². The molecule has 18 heteroatoms. The van der Waals surface area contributed by atoms with E-state index in [9.17, 15) is 9.59 Å². The first-order valence-electron chi connectivity index (χ1n) is 18.6. The number of fused-ring (bicyclic) bond motifs is 1. The molecule has 0 aromatic carbocycles. The summed E-state index contributed by atoms with van der Waals surface area (Å²) in [6, 6.07) is 0.404. The van der Waals surface area contributed by atoms with Crippen molar-refractivity contribution in [2.24, 2.45) is 0 Å². The van der Waals surface area contributed by atoms with E-state index in [-0.39, 0.29) is 30.6 Å². The van der Waals surface area contributed by atoms with Gasteiger partial charge in [-0.05, 0) is 12.8 Å². The SMILES string of the molecule is O=C(CCCCC1SCC2NC(=O)NC21)NCCOCCOCCOCCOCCOCCOCCOCCOCCOCCOCCOCCO. The minimum absolute atomic E-state index is 0.0205. The molecular weight excluding hydrogens is 706 g/mol. The van der Waals surface area contributed by atoms with Gasteiger partial charge in [0.05, 0.1) is 164 Å². The Morgan fingerprint density at radius 2 is 0.962 bits per heavy atom. The predicted octanol–water partition coefficient (Wildman–Crippen LogP) is 0.00330. The second-order valence-electron chi connectivity index (χ2n) is 11.7. The maximum Gasteiger partial charge on any atom is 0.315 e. The van der Waals surface area contributed by atoms with Crippen molar-refractivity contribution < 1.29 is 66.8 Å². The summed E-state index contributed by atoms with van der Waals surface area (Å²) in [7, 11) is 0. The van der Waals surface area contributed by atoms with E-state index in [0.717, 1.165) is 25.0 Å². The molecule has 0 aromatic rings. The molecule has 2 saturated heterocycles. The van der Waals surface area contributed by atoms with E-state index in [1.807, 2.05) is 11.8 Å². The molecule has 4 N–H and O–H groups in total. The van der Waals surface area contributed by atoms with Crippen molar-refractivity contribution in [2.75, 3.05) is 164 Å². The number of unbranched alkanes of at least 4 members (excludes halogenated alkanes) is 1. The average Bonchev–Trinajstić information content (AvgIpc) is 3.70. The maximum atomic E-state index is 12.0. The standard InChI is InChI=1S/C34H65N3O14S/c38-6-8-42-10-12-44-14-16-46-18-20-48-22-24-50-26-28-51-27-25-49-23-21-47-19-17-45-15-13-43-11-9-41-7-5-35-32(39)4-2-1-3-31-33-30(29-52-31)36-34(40)37-33/h30-31,33,38H,1-29H2,(H,35,39)(H2,36,37,40). The first kappa shape index (κ1) is 46.8. The van der Waals surface area contributed by atoms with E-state index in [1.165, 1.54) is 0 Å². The van der Waals surface area contributed by atoms with Gasteiger partial charge >= 0.3 is 6.03 Å². The number of aliphatic hydroxyl groups excluding tert-OH is 1. The fourth-order valence-electron chi connectivity index (χ4n) is 4.99. The monoisotopic (exact) mass is 771 g/mol.